The summed E-state index contributed by atoms with van der Waals surface area (Å²) in [4.78, 5) is -0.120. The average Bonchev–Trinajstić information content (AvgIpc) is 2.26. The van der Waals surface area contributed by atoms with Crippen LogP contribution in [0.25, 0.3) is 0 Å². The van der Waals surface area contributed by atoms with Crippen LogP contribution in [0.3, 0.4) is 0 Å². The molecular formula is C10H13F3N2O3S. The molecule has 0 fully saturated rings. The molecule has 0 heterocycles. The predicted molar refractivity (Wildman–Crippen MR) is 63.2 cm³/mol. The van der Waals surface area contributed by atoms with Crippen molar-refractivity contribution in [1.82, 2.24) is 0 Å². The van der Waals surface area contributed by atoms with Crippen LogP contribution in [-0.2, 0) is 14.8 Å². The van der Waals surface area contributed by atoms with Gasteiger partial charge < -0.3 is 10.1 Å². The lowest BCUT2D eigenvalue weighted by molar-refractivity contribution is -0.172. The SMILES string of the molecule is NS(=O)(=O)c1ccccc1NCCOCC(F)(F)F. The molecule has 1 aromatic carbocycles. The van der Waals surface area contributed by atoms with Gasteiger partial charge in [-0.1, -0.05) is 12.1 Å². The van der Waals surface area contributed by atoms with Gasteiger partial charge >= 0.3 is 6.18 Å². The Labute approximate surface area is 108 Å². The van der Waals surface area contributed by atoms with Gasteiger partial charge in [0.15, 0.2) is 0 Å². The van der Waals surface area contributed by atoms with Crippen molar-refractivity contribution in [3.8, 4) is 0 Å². The smallest absolute Gasteiger partial charge is 0.382 e. The van der Waals surface area contributed by atoms with Crippen molar-refractivity contribution in [2.45, 2.75) is 11.1 Å². The highest BCUT2D eigenvalue weighted by Gasteiger charge is 2.27. The summed E-state index contributed by atoms with van der Waals surface area (Å²) in [6.45, 7) is -1.52. The third-order valence-electron chi connectivity index (χ3n) is 2.02. The molecule has 5 nitrogen and oxygen atoms in total. The second-order valence-electron chi connectivity index (χ2n) is 3.64. The molecule has 9 heteroatoms. The largest absolute Gasteiger partial charge is 0.411 e. The molecule has 0 saturated heterocycles. The van der Waals surface area contributed by atoms with Crippen LogP contribution in [0, 0.1) is 0 Å². The molecule has 19 heavy (non-hydrogen) atoms. The number of primary sulfonamides is 1. The number of hydrogen-bond donors (Lipinski definition) is 2. The fraction of sp³-hybridized carbons (Fsp3) is 0.400. The van der Waals surface area contributed by atoms with E-state index in [-0.39, 0.29) is 23.7 Å². The van der Waals surface area contributed by atoms with Gasteiger partial charge in [0.2, 0.25) is 10.0 Å². The Morgan fingerprint density at radius 3 is 2.47 bits per heavy atom. The zero-order valence-electron chi connectivity index (χ0n) is 9.77. The molecule has 0 amide bonds. The number of para-hydroxylation sites is 1. The normalized spacial score (nSPS) is 12.4. The molecule has 108 valence electrons. The van der Waals surface area contributed by atoms with Crippen LogP contribution >= 0.6 is 0 Å². The van der Waals surface area contributed by atoms with Crippen LogP contribution in [0.5, 0.6) is 0 Å². The molecule has 0 unspecified atom stereocenters. The van der Waals surface area contributed by atoms with E-state index in [1.54, 1.807) is 6.07 Å². The minimum absolute atomic E-state index is 0.0304. The Bertz CT molecular complexity index is 517. The maximum atomic E-state index is 11.8. The van der Waals surface area contributed by atoms with Gasteiger partial charge in [-0.2, -0.15) is 13.2 Å². The summed E-state index contributed by atoms with van der Waals surface area (Å²) in [5.74, 6) is 0. The Morgan fingerprint density at radius 1 is 1.26 bits per heavy atom. The highest BCUT2D eigenvalue weighted by Crippen LogP contribution is 2.19. The Hall–Kier alpha value is -1.32. The van der Waals surface area contributed by atoms with Gasteiger partial charge in [-0.15, -0.1) is 0 Å². The van der Waals surface area contributed by atoms with Crippen molar-refractivity contribution >= 4 is 15.7 Å². The summed E-state index contributed by atoms with van der Waals surface area (Å²) < 4.78 is 62.2. The first-order chi connectivity index (χ1) is 8.70. The van der Waals surface area contributed by atoms with Gasteiger partial charge in [-0.3, -0.25) is 0 Å². The Morgan fingerprint density at radius 2 is 1.89 bits per heavy atom. The lowest BCUT2D eigenvalue weighted by Crippen LogP contribution is -2.21. The zero-order valence-corrected chi connectivity index (χ0v) is 10.6. The van der Waals surface area contributed by atoms with Crippen molar-refractivity contribution < 1.29 is 26.3 Å². The molecular weight excluding hydrogens is 285 g/mol. The highest BCUT2D eigenvalue weighted by molar-refractivity contribution is 7.89. The number of rotatable bonds is 6. The molecule has 0 spiro atoms. The monoisotopic (exact) mass is 298 g/mol. The number of ether oxygens (including phenoxy) is 1. The van der Waals surface area contributed by atoms with Gasteiger partial charge in [0.1, 0.15) is 11.5 Å². The van der Waals surface area contributed by atoms with Crippen LogP contribution in [0.2, 0.25) is 0 Å². The van der Waals surface area contributed by atoms with E-state index < -0.39 is 22.8 Å². The molecule has 0 aliphatic heterocycles. The topological polar surface area (TPSA) is 81.4 Å². The summed E-state index contributed by atoms with van der Waals surface area (Å²) in [7, 11) is -3.88. The number of alkyl halides is 3. The quantitative estimate of drug-likeness (QED) is 0.776. The molecule has 1 rings (SSSR count). The fourth-order valence-electron chi connectivity index (χ4n) is 1.31. The molecule has 0 aromatic heterocycles. The third-order valence-corrected chi connectivity index (χ3v) is 2.99. The minimum Gasteiger partial charge on any atom is -0.382 e. The minimum atomic E-state index is -4.38. The maximum absolute atomic E-state index is 11.8. The van der Waals surface area contributed by atoms with Gasteiger partial charge in [-0.05, 0) is 12.1 Å². The first-order valence-corrected chi connectivity index (χ1v) is 6.75. The molecule has 0 aliphatic carbocycles. The van der Waals surface area contributed by atoms with Gasteiger partial charge in [-0.25, -0.2) is 13.6 Å². The van der Waals surface area contributed by atoms with Crippen LogP contribution in [0.4, 0.5) is 18.9 Å². The van der Waals surface area contributed by atoms with Crippen molar-refractivity contribution in [2.24, 2.45) is 5.14 Å². The summed E-state index contributed by atoms with van der Waals surface area (Å²) in [5.41, 5.74) is 0.223. The van der Waals surface area contributed by atoms with E-state index in [4.69, 9.17) is 5.14 Å². The van der Waals surface area contributed by atoms with Crippen molar-refractivity contribution in [3.05, 3.63) is 24.3 Å². The summed E-state index contributed by atoms with van der Waals surface area (Å²) in [6.07, 6.45) is -4.38. The van der Waals surface area contributed by atoms with Crippen molar-refractivity contribution in [2.75, 3.05) is 25.1 Å². The van der Waals surface area contributed by atoms with E-state index in [0.29, 0.717) is 0 Å². The number of halogens is 3. The van der Waals surface area contributed by atoms with E-state index in [9.17, 15) is 21.6 Å². The number of benzene rings is 1. The van der Waals surface area contributed by atoms with E-state index in [0.717, 1.165) is 0 Å². The first kappa shape index (κ1) is 15.7. The van der Waals surface area contributed by atoms with Gasteiger partial charge in [0.05, 0.1) is 12.3 Å². The van der Waals surface area contributed by atoms with E-state index in [1.807, 2.05) is 0 Å². The maximum Gasteiger partial charge on any atom is 0.411 e. The van der Waals surface area contributed by atoms with E-state index >= 15 is 0 Å². The van der Waals surface area contributed by atoms with Crippen molar-refractivity contribution in [3.63, 3.8) is 0 Å². The number of nitrogens with one attached hydrogen (secondary N) is 1. The van der Waals surface area contributed by atoms with Crippen LogP contribution in [0.1, 0.15) is 0 Å². The Kier molecular flexibility index (Phi) is 5.15. The second-order valence-corrected chi connectivity index (χ2v) is 5.17. The van der Waals surface area contributed by atoms with Crippen LogP contribution < -0.4 is 10.5 Å². The van der Waals surface area contributed by atoms with Crippen LogP contribution in [0.15, 0.2) is 29.2 Å². The van der Waals surface area contributed by atoms with Crippen molar-refractivity contribution in [1.29, 1.82) is 0 Å². The summed E-state index contributed by atoms with van der Waals surface area (Å²) >= 11 is 0. The molecule has 1 aromatic rings. The highest BCUT2D eigenvalue weighted by atomic mass is 32.2. The van der Waals surface area contributed by atoms with E-state index in [2.05, 4.69) is 10.1 Å². The van der Waals surface area contributed by atoms with E-state index in [1.165, 1.54) is 18.2 Å². The number of anilines is 1. The lowest BCUT2D eigenvalue weighted by atomic mass is 10.3. The lowest BCUT2D eigenvalue weighted by Gasteiger charge is -2.11. The molecule has 0 bridgehead atoms. The predicted octanol–water partition coefficient (Wildman–Crippen LogP) is 1.32. The number of nitrogens with two attached hydrogens (primary N) is 1. The van der Waals surface area contributed by atoms with Gasteiger partial charge in [0, 0.05) is 6.54 Å². The van der Waals surface area contributed by atoms with Gasteiger partial charge in [0.25, 0.3) is 0 Å². The molecule has 0 atom stereocenters. The summed E-state index contributed by atoms with van der Waals surface area (Å²) in [5, 5.41) is 7.65. The van der Waals surface area contributed by atoms with Crippen LogP contribution in [-0.4, -0.2) is 34.4 Å². The third kappa shape index (κ3) is 5.90. The number of sulfonamides is 1. The molecule has 0 saturated carbocycles. The molecule has 3 N–H and O–H groups in total. The number of hydrogen-bond acceptors (Lipinski definition) is 4. The summed E-state index contributed by atoms with van der Waals surface area (Å²) in [6, 6.07) is 5.83. The molecule has 0 radical (unpaired) electrons. The molecule has 0 aliphatic rings. The Balaban J connectivity index is 2.51. The second kappa shape index (κ2) is 6.22. The average molecular weight is 298 g/mol. The zero-order chi connectivity index (χ0) is 14.5. The standard InChI is InChI=1S/C10H13F3N2O3S/c11-10(12,13)7-18-6-5-15-8-3-1-2-4-9(8)19(14,16)17/h1-4,15H,5-7H2,(H2,14,16,17). The fourth-order valence-corrected chi connectivity index (χ4v) is 2.02. The first-order valence-electron chi connectivity index (χ1n) is 5.20.